The lowest BCUT2D eigenvalue weighted by atomic mass is 10.0. The summed E-state index contributed by atoms with van der Waals surface area (Å²) in [5.74, 6) is 0.717. The van der Waals surface area contributed by atoms with Crippen molar-refractivity contribution >= 4 is 5.91 Å². The standard InChI is InChI=1S/C14H26N4O/c1-9(2)11(15)6-7-18(5)14(19)13-8-12(10(3)4)16-17-13/h8-11H,6-7,15H2,1-5H3,(H,16,17). The second-order valence-electron chi connectivity index (χ2n) is 5.79. The van der Waals surface area contributed by atoms with Crippen LogP contribution in [0.2, 0.25) is 0 Å². The molecular weight excluding hydrogens is 240 g/mol. The minimum absolute atomic E-state index is 0.0564. The molecule has 0 saturated carbocycles. The first kappa shape index (κ1) is 15.7. The van der Waals surface area contributed by atoms with Gasteiger partial charge in [0.2, 0.25) is 0 Å². The number of hydrogen-bond acceptors (Lipinski definition) is 3. The summed E-state index contributed by atoms with van der Waals surface area (Å²) in [7, 11) is 1.79. The van der Waals surface area contributed by atoms with Crippen molar-refractivity contribution in [3.8, 4) is 0 Å². The van der Waals surface area contributed by atoms with E-state index in [1.54, 1.807) is 11.9 Å². The lowest BCUT2D eigenvalue weighted by molar-refractivity contribution is 0.0783. The van der Waals surface area contributed by atoms with Crippen molar-refractivity contribution in [3.05, 3.63) is 17.5 Å². The van der Waals surface area contributed by atoms with E-state index in [9.17, 15) is 4.79 Å². The monoisotopic (exact) mass is 266 g/mol. The fourth-order valence-electron chi connectivity index (χ4n) is 1.72. The number of carbonyl (C=O) groups excluding carboxylic acids is 1. The van der Waals surface area contributed by atoms with Gasteiger partial charge >= 0.3 is 0 Å². The van der Waals surface area contributed by atoms with E-state index in [0.29, 0.717) is 24.1 Å². The highest BCUT2D eigenvalue weighted by atomic mass is 16.2. The Bertz CT molecular complexity index is 411. The molecule has 19 heavy (non-hydrogen) atoms. The summed E-state index contributed by atoms with van der Waals surface area (Å²) in [4.78, 5) is 13.8. The second kappa shape index (κ2) is 6.70. The second-order valence-corrected chi connectivity index (χ2v) is 5.79. The van der Waals surface area contributed by atoms with E-state index in [1.807, 2.05) is 6.07 Å². The van der Waals surface area contributed by atoms with Crippen LogP contribution >= 0.6 is 0 Å². The number of amides is 1. The number of nitrogens with one attached hydrogen (secondary N) is 1. The van der Waals surface area contributed by atoms with Crippen molar-refractivity contribution in [2.24, 2.45) is 11.7 Å². The maximum Gasteiger partial charge on any atom is 0.274 e. The van der Waals surface area contributed by atoms with Crippen LogP contribution in [0.4, 0.5) is 0 Å². The van der Waals surface area contributed by atoms with Crippen LogP contribution in [0.1, 0.15) is 56.2 Å². The van der Waals surface area contributed by atoms with Gasteiger partial charge in [-0.3, -0.25) is 9.89 Å². The maximum atomic E-state index is 12.2. The number of H-pyrrole nitrogens is 1. The predicted molar refractivity (Wildman–Crippen MR) is 77.1 cm³/mol. The first-order valence-electron chi connectivity index (χ1n) is 6.89. The van der Waals surface area contributed by atoms with Crippen molar-refractivity contribution in [1.29, 1.82) is 0 Å². The number of aromatic amines is 1. The predicted octanol–water partition coefficient (Wildman–Crippen LogP) is 1.98. The molecular formula is C14H26N4O. The van der Waals surface area contributed by atoms with E-state index >= 15 is 0 Å². The lowest BCUT2D eigenvalue weighted by Gasteiger charge is -2.20. The molecule has 1 aromatic rings. The molecule has 0 radical (unpaired) electrons. The Morgan fingerprint density at radius 1 is 1.42 bits per heavy atom. The fourth-order valence-corrected chi connectivity index (χ4v) is 1.72. The number of hydrogen-bond donors (Lipinski definition) is 2. The number of nitrogens with two attached hydrogens (primary N) is 1. The molecule has 5 nitrogen and oxygen atoms in total. The molecule has 108 valence electrons. The summed E-state index contributed by atoms with van der Waals surface area (Å²) in [5.41, 5.74) is 7.45. The van der Waals surface area contributed by atoms with Crippen LogP contribution in [0.5, 0.6) is 0 Å². The van der Waals surface area contributed by atoms with Gasteiger partial charge in [0.05, 0.1) is 0 Å². The highest BCUT2D eigenvalue weighted by Crippen LogP contribution is 2.13. The Morgan fingerprint density at radius 3 is 2.53 bits per heavy atom. The first-order valence-corrected chi connectivity index (χ1v) is 6.89. The summed E-state index contributed by atoms with van der Waals surface area (Å²) in [6.45, 7) is 8.96. The van der Waals surface area contributed by atoms with Gasteiger partial charge in [0.15, 0.2) is 0 Å². The zero-order chi connectivity index (χ0) is 14.6. The van der Waals surface area contributed by atoms with E-state index in [4.69, 9.17) is 5.73 Å². The Hall–Kier alpha value is -1.36. The summed E-state index contributed by atoms with van der Waals surface area (Å²) in [6, 6.07) is 1.95. The average Bonchev–Trinajstić information content (AvgIpc) is 2.83. The van der Waals surface area contributed by atoms with Gasteiger partial charge in [-0.2, -0.15) is 5.10 Å². The highest BCUT2D eigenvalue weighted by molar-refractivity contribution is 5.92. The van der Waals surface area contributed by atoms with Crippen molar-refractivity contribution < 1.29 is 4.79 Å². The van der Waals surface area contributed by atoms with Gasteiger partial charge in [0, 0.05) is 25.3 Å². The Morgan fingerprint density at radius 2 is 2.05 bits per heavy atom. The number of carbonyl (C=O) groups is 1. The third-order valence-corrected chi connectivity index (χ3v) is 3.44. The zero-order valence-electron chi connectivity index (χ0n) is 12.6. The van der Waals surface area contributed by atoms with E-state index in [1.165, 1.54) is 0 Å². The molecule has 1 heterocycles. The highest BCUT2D eigenvalue weighted by Gasteiger charge is 2.17. The molecule has 1 unspecified atom stereocenters. The van der Waals surface area contributed by atoms with Gasteiger partial charge in [-0.1, -0.05) is 27.7 Å². The zero-order valence-corrected chi connectivity index (χ0v) is 12.6. The first-order chi connectivity index (χ1) is 8.82. The molecule has 1 aromatic heterocycles. The van der Waals surface area contributed by atoms with Gasteiger partial charge in [0.25, 0.3) is 5.91 Å². The van der Waals surface area contributed by atoms with Crippen LogP contribution in [0.3, 0.4) is 0 Å². The summed E-state index contributed by atoms with van der Waals surface area (Å²) in [5, 5.41) is 6.98. The third kappa shape index (κ3) is 4.35. The van der Waals surface area contributed by atoms with E-state index in [-0.39, 0.29) is 11.9 Å². The fraction of sp³-hybridized carbons (Fsp3) is 0.714. The van der Waals surface area contributed by atoms with Gasteiger partial charge in [0.1, 0.15) is 5.69 Å². The molecule has 0 spiro atoms. The van der Waals surface area contributed by atoms with E-state index < -0.39 is 0 Å². The van der Waals surface area contributed by atoms with Crippen LogP contribution in [0.25, 0.3) is 0 Å². The number of rotatable bonds is 6. The molecule has 0 fully saturated rings. The molecule has 1 amide bonds. The summed E-state index contributed by atoms with van der Waals surface area (Å²) in [6.07, 6.45) is 0.807. The number of aromatic nitrogens is 2. The molecule has 5 heteroatoms. The molecule has 0 aliphatic rings. The molecule has 0 aromatic carbocycles. The average molecular weight is 266 g/mol. The molecule has 0 aliphatic heterocycles. The van der Waals surface area contributed by atoms with Gasteiger partial charge in [-0.25, -0.2) is 0 Å². The summed E-state index contributed by atoms with van der Waals surface area (Å²) < 4.78 is 0. The van der Waals surface area contributed by atoms with Gasteiger partial charge in [-0.15, -0.1) is 0 Å². The van der Waals surface area contributed by atoms with E-state index in [0.717, 1.165) is 12.1 Å². The van der Waals surface area contributed by atoms with Crippen molar-refractivity contribution in [2.75, 3.05) is 13.6 Å². The lowest BCUT2D eigenvalue weighted by Crippen LogP contribution is -2.34. The van der Waals surface area contributed by atoms with Crippen molar-refractivity contribution in [2.45, 2.75) is 46.1 Å². The topological polar surface area (TPSA) is 75.0 Å². The largest absolute Gasteiger partial charge is 0.340 e. The quantitative estimate of drug-likeness (QED) is 0.826. The van der Waals surface area contributed by atoms with Crippen LogP contribution in [0.15, 0.2) is 6.07 Å². The smallest absolute Gasteiger partial charge is 0.274 e. The Labute approximate surface area is 115 Å². The van der Waals surface area contributed by atoms with Gasteiger partial charge < -0.3 is 10.6 Å². The van der Waals surface area contributed by atoms with Crippen molar-refractivity contribution in [3.63, 3.8) is 0 Å². The molecule has 1 rings (SSSR count). The SMILES string of the molecule is CC(C)c1cc(C(=O)N(C)CCC(N)C(C)C)n[nH]1. The third-order valence-electron chi connectivity index (χ3n) is 3.44. The van der Waals surface area contributed by atoms with Gasteiger partial charge in [-0.05, 0) is 24.3 Å². The molecule has 1 atom stereocenters. The van der Waals surface area contributed by atoms with E-state index in [2.05, 4.69) is 37.9 Å². The van der Waals surface area contributed by atoms with Crippen LogP contribution in [-0.2, 0) is 0 Å². The molecule has 3 N–H and O–H groups in total. The summed E-state index contributed by atoms with van der Waals surface area (Å²) >= 11 is 0. The number of nitrogens with zero attached hydrogens (tertiary/aromatic N) is 2. The minimum Gasteiger partial charge on any atom is -0.340 e. The Kier molecular flexibility index (Phi) is 5.54. The maximum absolute atomic E-state index is 12.2. The normalized spacial score (nSPS) is 13.1. The molecule has 0 aliphatic carbocycles. The Balaban J connectivity index is 2.56. The van der Waals surface area contributed by atoms with Crippen LogP contribution in [-0.4, -0.2) is 40.6 Å². The molecule has 0 saturated heterocycles. The van der Waals surface area contributed by atoms with Crippen molar-refractivity contribution in [1.82, 2.24) is 15.1 Å². The minimum atomic E-state index is -0.0564. The van der Waals surface area contributed by atoms with Crippen LogP contribution in [0, 0.1) is 5.92 Å². The molecule has 0 bridgehead atoms. The van der Waals surface area contributed by atoms with Crippen LogP contribution < -0.4 is 5.73 Å².